The molecule has 1 rings (SSSR count). The molecular weight excluding hydrogens is 170 g/mol. The number of ether oxygens (including phenoxy) is 1. The highest BCUT2D eigenvalue weighted by Gasteiger charge is 2.13. The number of nitrogens with two attached hydrogens (primary N) is 2. The monoisotopic (exact) mass is 185 g/mol. The van der Waals surface area contributed by atoms with Crippen LogP contribution in [0.15, 0.2) is 0 Å². The minimum Gasteiger partial charge on any atom is -0.368 e. The van der Waals surface area contributed by atoms with Gasteiger partial charge < -0.3 is 16.3 Å². The molecule has 0 atom stereocenters. The van der Waals surface area contributed by atoms with E-state index in [4.69, 9.17) is 16.3 Å². The molecule has 0 aliphatic heterocycles. The molecule has 0 saturated carbocycles. The number of hydrogen-bond donors (Lipinski definition) is 2. The Morgan fingerprint density at radius 1 is 1.38 bits per heavy atom. The van der Waals surface area contributed by atoms with Gasteiger partial charge in [-0.25, -0.2) is 4.68 Å². The van der Waals surface area contributed by atoms with Gasteiger partial charge in [0.05, 0.1) is 5.60 Å². The van der Waals surface area contributed by atoms with Gasteiger partial charge in [-0.1, -0.05) is 0 Å². The Morgan fingerprint density at radius 3 is 2.38 bits per heavy atom. The molecule has 0 radical (unpaired) electrons. The normalized spacial score (nSPS) is 11.9. The molecule has 4 N–H and O–H groups in total. The summed E-state index contributed by atoms with van der Waals surface area (Å²) in [5.41, 5.74) is 5.17. The molecule has 0 aliphatic rings. The van der Waals surface area contributed by atoms with E-state index in [1.165, 1.54) is 4.68 Å². The number of hydrogen-bond acceptors (Lipinski definition) is 5. The van der Waals surface area contributed by atoms with E-state index in [2.05, 4.69) is 10.2 Å². The third-order valence-corrected chi connectivity index (χ3v) is 1.43. The number of aromatic nitrogens is 3. The van der Waals surface area contributed by atoms with E-state index in [1.807, 2.05) is 20.8 Å². The van der Waals surface area contributed by atoms with Gasteiger partial charge in [-0.2, -0.15) is 0 Å². The van der Waals surface area contributed by atoms with E-state index in [0.717, 1.165) is 0 Å². The summed E-state index contributed by atoms with van der Waals surface area (Å²) in [5.74, 6) is 6.23. The van der Waals surface area contributed by atoms with Crippen molar-refractivity contribution >= 4 is 5.95 Å². The highest BCUT2D eigenvalue weighted by Crippen LogP contribution is 2.10. The van der Waals surface area contributed by atoms with Crippen molar-refractivity contribution in [3.05, 3.63) is 5.82 Å². The molecular formula is C7H15N5O. The van der Waals surface area contributed by atoms with E-state index in [0.29, 0.717) is 12.4 Å². The standard InChI is InChI=1S/C7H15N5O/c1-7(2,3)13-4-5-10-11-6(8)12(5)9/h4,9H2,1-3H3,(H2,8,11). The van der Waals surface area contributed by atoms with Crippen LogP contribution in [0.4, 0.5) is 5.95 Å². The highest BCUT2D eigenvalue weighted by molar-refractivity contribution is 5.16. The average Bonchev–Trinajstić information content (AvgIpc) is 2.29. The predicted octanol–water partition coefficient (Wildman–Crippen LogP) is -0.111. The zero-order valence-corrected chi connectivity index (χ0v) is 8.11. The number of nitrogens with zero attached hydrogens (tertiary/aromatic N) is 3. The summed E-state index contributed by atoms with van der Waals surface area (Å²) in [6.45, 7) is 6.17. The first-order valence-electron chi connectivity index (χ1n) is 3.99. The van der Waals surface area contributed by atoms with E-state index < -0.39 is 0 Å². The van der Waals surface area contributed by atoms with Crippen LogP contribution in [-0.2, 0) is 11.3 Å². The van der Waals surface area contributed by atoms with Crippen LogP contribution < -0.4 is 11.6 Å². The average molecular weight is 185 g/mol. The van der Waals surface area contributed by atoms with Crippen molar-refractivity contribution in [3.63, 3.8) is 0 Å². The third-order valence-electron chi connectivity index (χ3n) is 1.43. The lowest BCUT2D eigenvalue weighted by molar-refractivity contribution is -0.0188. The summed E-state index contributed by atoms with van der Waals surface area (Å²) >= 11 is 0. The third kappa shape index (κ3) is 2.59. The SMILES string of the molecule is CC(C)(C)OCc1nnc(N)n1N. The molecule has 6 heteroatoms. The summed E-state index contributed by atoms with van der Waals surface area (Å²) in [6.07, 6.45) is 0. The molecule has 0 unspecified atom stereocenters. The number of anilines is 1. The van der Waals surface area contributed by atoms with Gasteiger partial charge in [0.25, 0.3) is 0 Å². The van der Waals surface area contributed by atoms with Gasteiger partial charge in [-0.15, -0.1) is 10.2 Å². The van der Waals surface area contributed by atoms with Crippen molar-refractivity contribution in [2.45, 2.75) is 33.0 Å². The zero-order chi connectivity index (χ0) is 10.1. The van der Waals surface area contributed by atoms with Crippen molar-refractivity contribution in [2.24, 2.45) is 0 Å². The first-order valence-corrected chi connectivity index (χ1v) is 3.99. The second-order valence-electron chi connectivity index (χ2n) is 3.75. The first kappa shape index (κ1) is 9.79. The second-order valence-corrected chi connectivity index (χ2v) is 3.75. The van der Waals surface area contributed by atoms with Crippen LogP contribution in [0.2, 0.25) is 0 Å². The highest BCUT2D eigenvalue weighted by atomic mass is 16.5. The molecule has 1 heterocycles. The fourth-order valence-corrected chi connectivity index (χ4v) is 0.717. The van der Waals surface area contributed by atoms with Gasteiger partial charge in [0.1, 0.15) is 6.61 Å². The van der Waals surface area contributed by atoms with E-state index in [-0.39, 0.29) is 11.5 Å². The van der Waals surface area contributed by atoms with Gasteiger partial charge in [-0.3, -0.25) is 0 Å². The largest absolute Gasteiger partial charge is 0.368 e. The van der Waals surface area contributed by atoms with Gasteiger partial charge >= 0.3 is 0 Å². The molecule has 0 amide bonds. The van der Waals surface area contributed by atoms with Crippen molar-refractivity contribution < 1.29 is 4.74 Å². The fraction of sp³-hybridized carbons (Fsp3) is 0.714. The molecule has 1 aromatic rings. The number of rotatable bonds is 2. The summed E-state index contributed by atoms with van der Waals surface area (Å²) in [4.78, 5) is 0. The quantitative estimate of drug-likeness (QED) is 0.627. The van der Waals surface area contributed by atoms with Crippen molar-refractivity contribution in [1.29, 1.82) is 0 Å². The Labute approximate surface area is 76.8 Å². The van der Waals surface area contributed by atoms with Gasteiger partial charge in [-0.05, 0) is 20.8 Å². The Hall–Kier alpha value is -1.30. The topological polar surface area (TPSA) is 92.0 Å². The summed E-state index contributed by atoms with van der Waals surface area (Å²) in [6, 6.07) is 0. The van der Waals surface area contributed by atoms with Crippen molar-refractivity contribution in [3.8, 4) is 0 Å². The Balaban J connectivity index is 2.60. The maximum Gasteiger partial charge on any atom is 0.240 e. The van der Waals surface area contributed by atoms with Crippen molar-refractivity contribution in [1.82, 2.24) is 14.9 Å². The number of nitrogen functional groups attached to an aromatic ring is 2. The fourth-order valence-electron chi connectivity index (χ4n) is 0.717. The maximum atomic E-state index is 5.52. The van der Waals surface area contributed by atoms with Gasteiger partial charge in [0.2, 0.25) is 5.95 Å². The van der Waals surface area contributed by atoms with Crippen LogP contribution in [0.5, 0.6) is 0 Å². The summed E-state index contributed by atoms with van der Waals surface area (Å²) in [5, 5.41) is 7.36. The molecule has 0 saturated heterocycles. The van der Waals surface area contributed by atoms with Crippen LogP contribution in [0, 0.1) is 0 Å². The Kier molecular flexibility index (Phi) is 2.42. The molecule has 0 fully saturated rings. The second kappa shape index (κ2) is 3.21. The van der Waals surface area contributed by atoms with Crippen LogP contribution in [-0.4, -0.2) is 20.5 Å². The molecule has 0 bridgehead atoms. The lowest BCUT2D eigenvalue weighted by Crippen LogP contribution is -2.22. The Morgan fingerprint density at radius 2 is 2.00 bits per heavy atom. The summed E-state index contributed by atoms with van der Waals surface area (Å²) < 4.78 is 6.66. The predicted molar refractivity (Wildman–Crippen MR) is 49.1 cm³/mol. The zero-order valence-electron chi connectivity index (χ0n) is 8.11. The minimum absolute atomic E-state index is 0.188. The van der Waals surface area contributed by atoms with E-state index >= 15 is 0 Å². The molecule has 0 aromatic carbocycles. The lowest BCUT2D eigenvalue weighted by Gasteiger charge is -2.18. The van der Waals surface area contributed by atoms with E-state index in [9.17, 15) is 0 Å². The smallest absolute Gasteiger partial charge is 0.240 e. The van der Waals surface area contributed by atoms with E-state index in [1.54, 1.807) is 0 Å². The molecule has 1 aromatic heterocycles. The molecule has 0 aliphatic carbocycles. The minimum atomic E-state index is -0.222. The lowest BCUT2D eigenvalue weighted by atomic mass is 10.2. The van der Waals surface area contributed by atoms with Crippen LogP contribution in [0.3, 0.4) is 0 Å². The molecule has 0 spiro atoms. The molecule has 6 nitrogen and oxygen atoms in total. The van der Waals surface area contributed by atoms with Gasteiger partial charge in [0.15, 0.2) is 5.82 Å². The first-order chi connectivity index (χ1) is 5.90. The molecule has 74 valence electrons. The Bertz CT molecular complexity index is 288. The maximum absolute atomic E-state index is 5.52. The van der Waals surface area contributed by atoms with Crippen LogP contribution >= 0.6 is 0 Å². The van der Waals surface area contributed by atoms with Crippen LogP contribution in [0.25, 0.3) is 0 Å². The van der Waals surface area contributed by atoms with Crippen molar-refractivity contribution in [2.75, 3.05) is 11.6 Å². The molecule has 13 heavy (non-hydrogen) atoms. The summed E-state index contributed by atoms with van der Waals surface area (Å²) in [7, 11) is 0. The van der Waals surface area contributed by atoms with Gasteiger partial charge in [0, 0.05) is 0 Å². The van der Waals surface area contributed by atoms with Crippen LogP contribution in [0.1, 0.15) is 26.6 Å².